The third-order valence-corrected chi connectivity index (χ3v) is 3.31. The lowest BCUT2D eigenvalue weighted by atomic mass is 9.98. The molecule has 21 heavy (non-hydrogen) atoms. The third kappa shape index (κ3) is 3.43. The predicted octanol–water partition coefficient (Wildman–Crippen LogP) is 1.11. The number of ether oxygens (including phenoxy) is 2. The van der Waals surface area contributed by atoms with Crippen molar-refractivity contribution < 1.29 is 19.1 Å². The van der Waals surface area contributed by atoms with E-state index in [1.807, 2.05) is 13.1 Å². The summed E-state index contributed by atoms with van der Waals surface area (Å²) in [6, 6.07) is 3.53. The molecule has 1 aromatic rings. The summed E-state index contributed by atoms with van der Waals surface area (Å²) < 4.78 is 10.5. The van der Waals surface area contributed by atoms with E-state index in [1.165, 1.54) is 14.1 Å². The molecule has 2 rings (SSSR count). The number of hydrogen-bond acceptors (Lipinski definition) is 5. The Bertz CT molecular complexity index is 559. The minimum absolute atomic E-state index is 0.237. The highest BCUT2D eigenvalue weighted by Crippen LogP contribution is 2.36. The number of carbonyl (C=O) groups excluding carboxylic acids is 2. The zero-order valence-electron chi connectivity index (χ0n) is 12.4. The van der Waals surface area contributed by atoms with Gasteiger partial charge < -0.3 is 25.0 Å². The average molecular weight is 293 g/mol. The molecule has 0 saturated carbocycles. The highest BCUT2D eigenvalue weighted by Gasteiger charge is 2.23. The summed E-state index contributed by atoms with van der Waals surface area (Å²) in [5.41, 5.74) is 1.96. The van der Waals surface area contributed by atoms with E-state index in [-0.39, 0.29) is 5.75 Å². The lowest BCUT2D eigenvalue weighted by Crippen LogP contribution is -2.29. The van der Waals surface area contributed by atoms with Gasteiger partial charge in [-0.2, -0.15) is 0 Å². The van der Waals surface area contributed by atoms with E-state index in [9.17, 15) is 9.59 Å². The number of carbonyl (C=O) groups is 2. The molecule has 1 heterocycles. The van der Waals surface area contributed by atoms with Crippen molar-refractivity contribution in [3.63, 3.8) is 0 Å². The molecule has 7 nitrogen and oxygen atoms in total. The van der Waals surface area contributed by atoms with Crippen LogP contribution in [0.1, 0.15) is 11.1 Å². The molecule has 0 radical (unpaired) electrons. The summed E-state index contributed by atoms with van der Waals surface area (Å²) in [5.74, 6) is 0.546. The zero-order valence-corrected chi connectivity index (χ0v) is 12.4. The van der Waals surface area contributed by atoms with E-state index in [1.54, 1.807) is 6.07 Å². The molecule has 0 fully saturated rings. The van der Waals surface area contributed by atoms with Gasteiger partial charge >= 0.3 is 12.2 Å². The summed E-state index contributed by atoms with van der Waals surface area (Å²) in [6.45, 7) is 1.61. The molecule has 114 valence electrons. The van der Waals surface area contributed by atoms with Crippen molar-refractivity contribution in [1.29, 1.82) is 0 Å². The van der Waals surface area contributed by atoms with Crippen LogP contribution in [-0.4, -0.2) is 44.8 Å². The average Bonchev–Trinajstić information content (AvgIpc) is 2.48. The van der Waals surface area contributed by atoms with Crippen molar-refractivity contribution in [2.45, 2.75) is 13.0 Å². The molecule has 1 aromatic carbocycles. The lowest BCUT2D eigenvalue weighted by molar-refractivity contribution is 0.191. The van der Waals surface area contributed by atoms with Gasteiger partial charge in [-0.1, -0.05) is 6.07 Å². The van der Waals surface area contributed by atoms with Crippen molar-refractivity contribution in [2.75, 3.05) is 27.7 Å². The van der Waals surface area contributed by atoms with Gasteiger partial charge in [0.1, 0.15) is 0 Å². The number of benzene rings is 1. The van der Waals surface area contributed by atoms with Crippen molar-refractivity contribution in [2.24, 2.45) is 0 Å². The van der Waals surface area contributed by atoms with Crippen molar-refractivity contribution in [1.82, 2.24) is 15.5 Å². The molecule has 0 aromatic heterocycles. The monoisotopic (exact) mass is 293 g/mol. The molecule has 0 spiro atoms. The van der Waals surface area contributed by atoms with Gasteiger partial charge in [-0.25, -0.2) is 9.59 Å². The summed E-state index contributed by atoms with van der Waals surface area (Å²) >= 11 is 0. The fourth-order valence-corrected chi connectivity index (χ4v) is 2.23. The topological polar surface area (TPSA) is 79.9 Å². The number of nitrogens with one attached hydrogen (secondary N) is 2. The number of rotatable bonds is 2. The Morgan fingerprint density at radius 2 is 1.81 bits per heavy atom. The number of hydrogen-bond donors (Lipinski definition) is 2. The maximum absolute atomic E-state index is 11.5. The van der Waals surface area contributed by atoms with Crippen molar-refractivity contribution >= 4 is 12.2 Å². The summed E-state index contributed by atoms with van der Waals surface area (Å²) in [5, 5.41) is 4.77. The number of amides is 2. The maximum atomic E-state index is 11.5. The fraction of sp³-hybridized carbons (Fsp3) is 0.429. The van der Waals surface area contributed by atoms with Crippen molar-refractivity contribution in [3.8, 4) is 11.5 Å². The van der Waals surface area contributed by atoms with Gasteiger partial charge in [-0.15, -0.1) is 0 Å². The van der Waals surface area contributed by atoms with E-state index >= 15 is 0 Å². The van der Waals surface area contributed by atoms with Gasteiger partial charge in [0.2, 0.25) is 0 Å². The number of nitrogens with zero attached hydrogens (tertiary/aromatic N) is 1. The molecule has 2 N–H and O–H groups in total. The normalized spacial score (nSPS) is 14.0. The van der Waals surface area contributed by atoms with Crippen LogP contribution in [0.15, 0.2) is 12.1 Å². The first kappa shape index (κ1) is 15.1. The number of fused-ring (bicyclic) bond motifs is 1. The second-order valence-corrected chi connectivity index (χ2v) is 4.80. The summed E-state index contributed by atoms with van der Waals surface area (Å²) in [4.78, 5) is 25.1. The molecule has 2 amide bonds. The van der Waals surface area contributed by atoms with Gasteiger partial charge in [0, 0.05) is 32.7 Å². The van der Waals surface area contributed by atoms with Crippen LogP contribution in [0.3, 0.4) is 0 Å². The van der Waals surface area contributed by atoms with Crippen LogP contribution < -0.4 is 20.1 Å². The van der Waals surface area contributed by atoms with Gasteiger partial charge in [-0.3, -0.25) is 0 Å². The largest absolute Gasteiger partial charge is 0.412 e. The second kappa shape index (κ2) is 6.45. The minimum Gasteiger partial charge on any atom is -0.406 e. The second-order valence-electron chi connectivity index (χ2n) is 4.80. The molecule has 1 aliphatic heterocycles. The Labute approximate surface area is 123 Å². The first-order valence-electron chi connectivity index (χ1n) is 6.67. The smallest absolute Gasteiger partial charge is 0.406 e. The molecule has 7 heteroatoms. The van der Waals surface area contributed by atoms with Crippen LogP contribution in [-0.2, 0) is 13.0 Å². The van der Waals surface area contributed by atoms with Crippen LogP contribution in [0.5, 0.6) is 11.5 Å². The summed E-state index contributed by atoms with van der Waals surface area (Å²) in [7, 11) is 4.97. The molecular formula is C14H19N3O4. The first-order chi connectivity index (χ1) is 10.0. The zero-order chi connectivity index (χ0) is 15.4. The standard InChI is InChI=1S/C14H19N3O4/c1-15-13(18)20-11-5-4-9-8-17(3)7-6-10(9)12(11)21-14(19)16-2/h4-5H,6-8H2,1-3H3,(H,15,18)(H,16,19). The molecular weight excluding hydrogens is 274 g/mol. The molecule has 0 bridgehead atoms. The number of likely N-dealkylation sites (N-methyl/N-ethyl adjacent to an activating group) is 1. The fourth-order valence-electron chi connectivity index (χ4n) is 2.23. The van der Waals surface area contributed by atoms with Crippen LogP contribution in [0.2, 0.25) is 0 Å². The Kier molecular flexibility index (Phi) is 4.64. The van der Waals surface area contributed by atoms with Gasteiger partial charge in [-0.05, 0) is 25.1 Å². The lowest BCUT2D eigenvalue weighted by Gasteiger charge is -2.27. The molecule has 0 atom stereocenters. The van der Waals surface area contributed by atoms with E-state index < -0.39 is 12.2 Å². The third-order valence-electron chi connectivity index (χ3n) is 3.31. The Morgan fingerprint density at radius 3 is 2.48 bits per heavy atom. The SMILES string of the molecule is CNC(=O)Oc1ccc2c(c1OC(=O)NC)CCN(C)C2. The molecule has 0 aliphatic carbocycles. The molecule has 0 saturated heterocycles. The van der Waals surface area contributed by atoms with Crippen LogP contribution >= 0.6 is 0 Å². The van der Waals surface area contributed by atoms with E-state index in [0.29, 0.717) is 5.75 Å². The minimum atomic E-state index is -0.607. The Morgan fingerprint density at radius 1 is 1.14 bits per heavy atom. The van der Waals surface area contributed by atoms with E-state index in [2.05, 4.69) is 15.5 Å². The molecule has 0 unspecified atom stereocenters. The molecule has 1 aliphatic rings. The van der Waals surface area contributed by atoms with Gasteiger partial charge in [0.05, 0.1) is 0 Å². The predicted molar refractivity (Wildman–Crippen MR) is 76.6 cm³/mol. The first-order valence-corrected chi connectivity index (χ1v) is 6.67. The highest BCUT2D eigenvalue weighted by molar-refractivity contribution is 5.75. The Hall–Kier alpha value is -2.28. The van der Waals surface area contributed by atoms with Crippen LogP contribution in [0.25, 0.3) is 0 Å². The van der Waals surface area contributed by atoms with Crippen LogP contribution in [0.4, 0.5) is 9.59 Å². The summed E-state index contributed by atoms with van der Waals surface area (Å²) in [6.07, 6.45) is -0.475. The quantitative estimate of drug-likeness (QED) is 0.854. The highest BCUT2D eigenvalue weighted by atomic mass is 16.6. The Balaban J connectivity index is 2.40. The van der Waals surface area contributed by atoms with Gasteiger partial charge in [0.25, 0.3) is 0 Å². The van der Waals surface area contributed by atoms with E-state index in [0.717, 1.165) is 30.6 Å². The van der Waals surface area contributed by atoms with E-state index in [4.69, 9.17) is 9.47 Å². The van der Waals surface area contributed by atoms with Gasteiger partial charge in [0.15, 0.2) is 11.5 Å². The van der Waals surface area contributed by atoms with Crippen LogP contribution in [0, 0.1) is 0 Å². The van der Waals surface area contributed by atoms with Crippen molar-refractivity contribution in [3.05, 3.63) is 23.3 Å². The maximum Gasteiger partial charge on any atom is 0.412 e.